The number of carbonyl (C=O) groups is 1. The normalized spacial score (nSPS) is 19.0. The molecule has 1 aliphatic rings. The number of anilines is 1. The molecular formula is C17H14N4O3. The van der Waals surface area contributed by atoms with Gasteiger partial charge < -0.3 is 9.15 Å². The fourth-order valence-electron chi connectivity index (χ4n) is 2.47. The lowest BCUT2D eigenvalue weighted by Crippen LogP contribution is -2.38. The van der Waals surface area contributed by atoms with Crippen molar-refractivity contribution < 1.29 is 13.9 Å². The number of carbonyl (C=O) groups excluding carboxylic acids is 1. The molecule has 2 atom stereocenters. The summed E-state index contributed by atoms with van der Waals surface area (Å²) < 4.78 is 10.8. The van der Waals surface area contributed by atoms with Crippen molar-refractivity contribution >= 4 is 29.0 Å². The molecule has 4 rings (SSSR count). The van der Waals surface area contributed by atoms with Crippen LogP contribution in [0.5, 0.6) is 0 Å². The zero-order valence-corrected chi connectivity index (χ0v) is 12.5. The summed E-state index contributed by atoms with van der Waals surface area (Å²) in [7, 11) is 0. The van der Waals surface area contributed by atoms with E-state index in [1.54, 1.807) is 12.1 Å². The number of ether oxygens (including phenoxy) is 1. The van der Waals surface area contributed by atoms with Crippen LogP contribution >= 0.6 is 0 Å². The van der Waals surface area contributed by atoms with Gasteiger partial charge in [0.15, 0.2) is 11.7 Å². The van der Waals surface area contributed by atoms with Crippen LogP contribution in [0.1, 0.15) is 11.7 Å². The van der Waals surface area contributed by atoms with Crippen LogP contribution in [-0.4, -0.2) is 23.0 Å². The Bertz CT molecular complexity index is 873. The summed E-state index contributed by atoms with van der Waals surface area (Å²) in [5, 5.41) is 12.9. The molecule has 2 unspecified atom stereocenters. The minimum Gasteiger partial charge on any atom is -0.423 e. The van der Waals surface area contributed by atoms with E-state index in [0.717, 1.165) is 5.56 Å². The lowest BCUT2D eigenvalue weighted by molar-refractivity contribution is -0.120. The lowest BCUT2D eigenvalue weighted by Gasteiger charge is -2.04. The molecule has 1 aromatic heterocycles. The van der Waals surface area contributed by atoms with Crippen LogP contribution in [0.15, 0.2) is 59.0 Å². The summed E-state index contributed by atoms with van der Waals surface area (Å²) in [5.41, 5.74) is 2.22. The Kier molecular flexibility index (Phi) is 3.47. The molecule has 1 fully saturated rings. The topological polar surface area (TPSA) is 104 Å². The average molecular weight is 322 g/mol. The van der Waals surface area contributed by atoms with Crippen LogP contribution in [0.3, 0.4) is 0 Å². The lowest BCUT2D eigenvalue weighted by atomic mass is 10.1. The summed E-state index contributed by atoms with van der Waals surface area (Å²) in [6, 6.07) is 16.9. The fraction of sp³-hybridized carbons (Fsp3) is 0.118. The van der Waals surface area contributed by atoms with E-state index >= 15 is 0 Å². The number of amides is 1. The molecule has 24 heavy (non-hydrogen) atoms. The third-order valence-electron chi connectivity index (χ3n) is 3.65. The molecule has 7 nitrogen and oxygen atoms in total. The second-order valence-corrected chi connectivity index (χ2v) is 5.36. The molecule has 7 heteroatoms. The Hall–Kier alpha value is -3.19. The first-order chi connectivity index (χ1) is 11.7. The first kappa shape index (κ1) is 14.4. The van der Waals surface area contributed by atoms with Gasteiger partial charge in [-0.1, -0.05) is 42.5 Å². The molecule has 0 radical (unpaired) electrons. The Labute approximate surface area is 137 Å². The van der Waals surface area contributed by atoms with Gasteiger partial charge in [0.1, 0.15) is 11.6 Å². The highest BCUT2D eigenvalue weighted by molar-refractivity contribution is 6.04. The first-order valence-electron chi connectivity index (χ1n) is 7.43. The maximum atomic E-state index is 12.1. The Morgan fingerprint density at radius 3 is 2.62 bits per heavy atom. The number of hydrogen-bond acceptors (Lipinski definition) is 5. The smallest absolute Gasteiger partial charge is 0.302 e. The number of nitrogens with zero attached hydrogens (tertiary/aromatic N) is 1. The van der Waals surface area contributed by atoms with E-state index in [0.29, 0.717) is 11.1 Å². The second kappa shape index (κ2) is 5.78. The minimum absolute atomic E-state index is 0.151. The molecule has 3 N–H and O–H groups in total. The average Bonchev–Trinajstić information content (AvgIpc) is 3.29. The summed E-state index contributed by atoms with van der Waals surface area (Å²) in [4.78, 5) is 16.3. The van der Waals surface area contributed by atoms with Crippen LogP contribution in [0.2, 0.25) is 0 Å². The molecule has 2 heterocycles. The first-order valence-corrected chi connectivity index (χ1v) is 7.43. The van der Waals surface area contributed by atoms with Gasteiger partial charge in [-0.05, 0) is 17.7 Å². The molecule has 0 bridgehead atoms. The zero-order chi connectivity index (χ0) is 16.5. The van der Waals surface area contributed by atoms with Crippen molar-refractivity contribution in [3.8, 4) is 0 Å². The van der Waals surface area contributed by atoms with E-state index < -0.39 is 6.10 Å². The van der Waals surface area contributed by atoms with Crippen molar-refractivity contribution in [2.75, 3.05) is 5.32 Å². The van der Waals surface area contributed by atoms with E-state index in [-0.39, 0.29) is 24.0 Å². The van der Waals surface area contributed by atoms with Crippen LogP contribution in [0, 0.1) is 5.41 Å². The van der Waals surface area contributed by atoms with Crippen molar-refractivity contribution in [2.45, 2.75) is 12.2 Å². The number of benzene rings is 2. The number of oxazole rings is 1. The van der Waals surface area contributed by atoms with E-state index in [1.165, 1.54) is 0 Å². The van der Waals surface area contributed by atoms with Gasteiger partial charge in [0.05, 0.1) is 0 Å². The fourth-order valence-corrected chi connectivity index (χ4v) is 2.47. The number of fused-ring (bicyclic) bond motifs is 1. The van der Waals surface area contributed by atoms with Crippen LogP contribution in [0.25, 0.3) is 11.1 Å². The Morgan fingerprint density at radius 1 is 1.08 bits per heavy atom. The van der Waals surface area contributed by atoms with Gasteiger partial charge >= 0.3 is 6.01 Å². The number of rotatable bonds is 3. The maximum absolute atomic E-state index is 12.1. The third-order valence-corrected chi connectivity index (χ3v) is 3.65. The van der Waals surface area contributed by atoms with Gasteiger partial charge in [0, 0.05) is 0 Å². The van der Waals surface area contributed by atoms with Crippen LogP contribution in [-0.2, 0) is 9.53 Å². The van der Waals surface area contributed by atoms with E-state index in [9.17, 15) is 4.79 Å². The van der Waals surface area contributed by atoms with Crippen molar-refractivity contribution in [2.24, 2.45) is 0 Å². The number of para-hydroxylation sites is 2. The molecule has 1 saturated heterocycles. The van der Waals surface area contributed by atoms with Gasteiger partial charge in [-0.2, -0.15) is 4.98 Å². The summed E-state index contributed by atoms with van der Waals surface area (Å²) in [5.74, 6) is -0.591. The van der Waals surface area contributed by atoms with Crippen LogP contribution < -0.4 is 10.6 Å². The number of epoxide rings is 1. The number of aromatic nitrogens is 1. The SMILES string of the molecule is N=C(NC(=O)C1OC1c1ccccc1)Nc1nc2ccccc2o1. The third kappa shape index (κ3) is 2.84. The highest BCUT2D eigenvalue weighted by Crippen LogP contribution is 2.38. The highest BCUT2D eigenvalue weighted by Gasteiger charge is 2.46. The van der Waals surface area contributed by atoms with Gasteiger partial charge in [0.25, 0.3) is 5.91 Å². The van der Waals surface area contributed by atoms with Gasteiger partial charge in [-0.25, -0.2) is 0 Å². The predicted octanol–water partition coefficient (Wildman–Crippen LogP) is 2.43. The van der Waals surface area contributed by atoms with E-state index in [4.69, 9.17) is 14.6 Å². The van der Waals surface area contributed by atoms with E-state index in [1.807, 2.05) is 42.5 Å². The zero-order valence-electron chi connectivity index (χ0n) is 12.5. The predicted molar refractivity (Wildman–Crippen MR) is 87.6 cm³/mol. The van der Waals surface area contributed by atoms with E-state index in [2.05, 4.69) is 15.6 Å². The molecule has 1 amide bonds. The second-order valence-electron chi connectivity index (χ2n) is 5.36. The summed E-state index contributed by atoms with van der Waals surface area (Å²) in [6.07, 6.45) is -0.846. The quantitative estimate of drug-likeness (QED) is 0.390. The summed E-state index contributed by atoms with van der Waals surface area (Å²) >= 11 is 0. The number of nitrogens with one attached hydrogen (secondary N) is 3. The summed E-state index contributed by atoms with van der Waals surface area (Å²) in [6.45, 7) is 0. The van der Waals surface area contributed by atoms with Gasteiger partial charge in [0.2, 0.25) is 5.96 Å². The largest absolute Gasteiger partial charge is 0.423 e. The Balaban J connectivity index is 1.35. The maximum Gasteiger partial charge on any atom is 0.302 e. The minimum atomic E-state index is -0.585. The molecule has 0 saturated carbocycles. The molecule has 0 aliphatic carbocycles. The van der Waals surface area contributed by atoms with Crippen molar-refractivity contribution in [1.82, 2.24) is 10.3 Å². The molecule has 0 spiro atoms. The molecule has 3 aromatic rings. The van der Waals surface area contributed by atoms with Crippen molar-refractivity contribution in [3.63, 3.8) is 0 Å². The number of hydrogen-bond donors (Lipinski definition) is 3. The van der Waals surface area contributed by atoms with Gasteiger partial charge in [-0.3, -0.25) is 20.8 Å². The molecule has 120 valence electrons. The Morgan fingerprint density at radius 2 is 1.83 bits per heavy atom. The van der Waals surface area contributed by atoms with Crippen molar-refractivity contribution in [1.29, 1.82) is 5.41 Å². The van der Waals surface area contributed by atoms with Crippen molar-refractivity contribution in [3.05, 3.63) is 60.2 Å². The molecule has 2 aromatic carbocycles. The molecular weight excluding hydrogens is 308 g/mol. The monoisotopic (exact) mass is 322 g/mol. The standard InChI is InChI=1S/C17H14N4O3/c18-16(21-17-19-11-8-4-5-9-12(11)23-17)20-15(22)14-13(24-14)10-6-2-1-3-7-10/h1-9,13-14H,(H3,18,19,20,21,22). The van der Waals surface area contributed by atoms with Gasteiger partial charge in [-0.15, -0.1) is 0 Å². The number of guanidine groups is 1. The molecule has 1 aliphatic heterocycles. The highest BCUT2D eigenvalue weighted by atomic mass is 16.6. The van der Waals surface area contributed by atoms with Crippen LogP contribution in [0.4, 0.5) is 6.01 Å².